The van der Waals surface area contributed by atoms with Gasteiger partial charge in [-0.2, -0.15) is 0 Å². The molecular formula is C25H23N5S. The maximum Gasteiger partial charge on any atom is 0.174 e. The van der Waals surface area contributed by atoms with Crippen molar-refractivity contribution in [1.29, 1.82) is 0 Å². The van der Waals surface area contributed by atoms with E-state index < -0.39 is 0 Å². The van der Waals surface area contributed by atoms with Crippen molar-refractivity contribution in [2.24, 2.45) is 0 Å². The van der Waals surface area contributed by atoms with E-state index in [2.05, 4.69) is 87.3 Å². The number of nitrogens with zero attached hydrogens (tertiary/aromatic N) is 4. The molecule has 1 aliphatic rings. The van der Waals surface area contributed by atoms with Crippen LogP contribution < -0.4 is 10.2 Å². The van der Waals surface area contributed by atoms with Crippen LogP contribution in [0.15, 0.2) is 85.5 Å². The van der Waals surface area contributed by atoms with Crippen molar-refractivity contribution in [3.63, 3.8) is 0 Å². The molecule has 1 fully saturated rings. The van der Waals surface area contributed by atoms with E-state index >= 15 is 0 Å². The van der Waals surface area contributed by atoms with Crippen molar-refractivity contribution in [1.82, 2.24) is 19.9 Å². The number of rotatable bonds is 4. The summed E-state index contributed by atoms with van der Waals surface area (Å²) in [5.74, 6) is 0. The standard InChI is InChI=1S/C25H23N5S/c1-17-13-18(2)15-20(14-17)30-24(23(28-25(30)31)21-8-3-4-11-27-21)22-9-6-12-29(22)19-7-5-10-26-16-19/h3-16,23-24H,1-2H3,(H,28,31). The smallest absolute Gasteiger partial charge is 0.174 e. The minimum absolute atomic E-state index is 0.0705. The number of hydrogen-bond acceptors (Lipinski definition) is 3. The third-order valence-corrected chi connectivity index (χ3v) is 5.90. The zero-order valence-corrected chi connectivity index (χ0v) is 18.3. The Hall–Kier alpha value is -3.51. The van der Waals surface area contributed by atoms with Crippen LogP contribution in [0.1, 0.15) is 34.6 Å². The molecule has 0 aliphatic carbocycles. The lowest BCUT2D eigenvalue weighted by Gasteiger charge is -2.29. The fourth-order valence-electron chi connectivity index (χ4n) is 4.39. The number of benzene rings is 1. The van der Waals surface area contributed by atoms with Crippen LogP contribution in [0, 0.1) is 13.8 Å². The molecule has 1 saturated heterocycles. The van der Waals surface area contributed by atoms with E-state index in [1.54, 1.807) is 6.20 Å². The summed E-state index contributed by atoms with van der Waals surface area (Å²) in [5.41, 5.74) is 6.59. The molecule has 1 N–H and O–H groups in total. The second-order valence-electron chi connectivity index (χ2n) is 7.86. The van der Waals surface area contributed by atoms with Crippen LogP contribution >= 0.6 is 12.2 Å². The molecule has 4 heterocycles. The summed E-state index contributed by atoms with van der Waals surface area (Å²) in [5, 5.41) is 4.24. The number of nitrogens with one attached hydrogen (secondary N) is 1. The Bertz CT molecular complexity index is 1200. The normalized spacial score (nSPS) is 18.3. The lowest BCUT2D eigenvalue weighted by Crippen LogP contribution is -2.30. The Labute approximate surface area is 187 Å². The van der Waals surface area contributed by atoms with Gasteiger partial charge in [-0.05, 0) is 85.7 Å². The molecule has 2 unspecified atom stereocenters. The van der Waals surface area contributed by atoms with Crippen LogP contribution in [-0.2, 0) is 0 Å². The molecule has 0 amide bonds. The van der Waals surface area contributed by atoms with Crippen LogP contribution in [0.3, 0.4) is 0 Å². The Balaban J connectivity index is 1.69. The van der Waals surface area contributed by atoms with E-state index in [-0.39, 0.29) is 12.1 Å². The Kier molecular flexibility index (Phi) is 5.00. The number of pyridine rings is 2. The number of anilines is 1. The van der Waals surface area contributed by atoms with E-state index in [4.69, 9.17) is 12.2 Å². The van der Waals surface area contributed by atoms with Crippen LogP contribution in [0.2, 0.25) is 0 Å². The molecule has 3 aromatic heterocycles. The van der Waals surface area contributed by atoms with Crippen LogP contribution in [0.25, 0.3) is 5.69 Å². The minimum atomic E-state index is -0.0835. The van der Waals surface area contributed by atoms with Gasteiger partial charge in [0.05, 0.1) is 23.6 Å². The van der Waals surface area contributed by atoms with Crippen molar-refractivity contribution >= 4 is 23.0 Å². The maximum absolute atomic E-state index is 5.86. The highest BCUT2D eigenvalue weighted by molar-refractivity contribution is 7.80. The van der Waals surface area contributed by atoms with Gasteiger partial charge in [0.25, 0.3) is 0 Å². The van der Waals surface area contributed by atoms with Gasteiger partial charge in [0.1, 0.15) is 6.04 Å². The molecule has 5 rings (SSSR count). The van der Waals surface area contributed by atoms with Crippen molar-refractivity contribution in [2.75, 3.05) is 4.90 Å². The molecule has 0 bridgehead atoms. The second-order valence-corrected chi connectivity index (χ2v) is 8.24. The van der Waals surface area contributed by atoms with E-state index in [1.807, 2.05) is 30.6 Å². The van der Waals surface area contributed by atoms with Gasteiger partial charge < -0.3 is 14.8 Å². The summed E-state index contributed by atoms with van der Waals surface area (Å²) in [4.78, 5) is 11.2. The topological polar surface area (TPSA) is 46.0 Å². The molecule has 5 nitrogen and oxygen atoms in total. The number of aryl methyl sites for hydroxylation is 2. The van der Waals surface area contributed by atoms with Gasteiger partial charge in [-0.25, -0.2) is 0 Å². The van der Waals surface area contributed by atoms with E-state index in [0.717, 1.165) is 22.8 Å². The molecule has 1 aromatic carbocycles. The highest BCUT2D eigenvalue weighted by atomic mass is 32.1. The molecule has 0 spiro atoms. The Morgan fingerprint density at radius 2 is 1.74 bits per heavy atom. The quantitative estimate of drug-likeness (QED) is 0.463. The Morgan fingerprint density at radius 1 is 0.903 bits per heavy atom. The van der Waals surface area contributed by atoms with Crippen molar-refractivity contribution in [2.45, 2.75) is 25.9 Å². The van der Waals surface area contributed by atoms with E-state index in [9.17, 15) is 0 Å². The molecule has 6 heteroatoms. The first-order chi connectivity index (χ1) is 15.1. The fraction of sp³-hybridized carbons (Fsp3) is 0.160. The average molecular weight is 426 g/mol. The summed E-state index contributed by atoms with van der Waals surface area (Å²) in [7, 11) is 0. The summed E-state index contributed by atoms with van der Waals surface area (Å²) < 4.78 is 2.18. The molecular weight excluding hydrogens is 402 g/mol. The minimum Gasteiger partial charge on any atom is -0.351 e. The number of aromatic nitrogens is 3. The molecule has 4 aromatic rings. The zero-order chi connectivity index (χ0) is 21.4. The third-order valence-electron chi connectivity index (χ3n) is 5.59. The predicted molar refractivity (Wildman–Crippen MR) is 127 cm³/mol. The van der Waals surface area contributed by atoms with Gasteiger partial charge in [-0.3, -0.25) is 9.97 Å². The highest BCUT2D eigenvalue weighted by Crippen LogP contribution is 2.42. The molecule has 0 radical (unpaired) electrons. The average Bonchev–Trinajstić information content (AvgIpc) is 3.38. The third kappa shape index (κ3) is 3.59. The molecule has 0 saturated carbocycles. The van der Waals surface area contributed by atoms with Crippen molar-refractivity contribution in [3.8, 4) is 5.69 Å². The largest absolute Gasteiger partial charge is 0.351 e. The maximum atomic E-state index is 5.86. The SMILES string of the molecule is Cc1cc(C)cc(N2C(=S)NC(c3ccccn3)C2c2cccn2-c2cccnc2)c1. The lowest BCUT2D eigenvalue weighted by atomic mass is 10.00. The molecule has 31 heavy (non-hydrogen) atoms. The Morgan fingerprint density at radius 3 is 2.45 bits per heavy atom. The summed E-state index contributed by atoms with van der Waals surface area (Å²) >= 11 is 5.86. The van der Waals surface area contributed by atoms with Gasteiger partial charge in [0, 0.05) is 30.0 Å². The van der Waals surface area contributed by atoms with Crippen LogP contribution in [0.5, 0.6) is 0 Å². The monoisotopic (exact) mass is 425 g/mol. The molecule has 154 valence electrons. The summed E-state index contributed by atoms with van der Waals surface area (Å²) in [6.07, 6.45) is 7.57. The second kappa shape index (κ2) is 7.96. The highest BCUT2D eigenvalue weighted by Gasteiger charge is 2.42. The van der Waals surface area contributed by atoms with Gasteiger partial charge in [0.2, 0.25) is 0 Å². The lowest BCUT2D eigenvalue weighted by molar-refractivity contribution is 0.549. The van der Waals surface area contributed by atoms with E-state index in [1.165, 1.54) is 11.1 Å². The summed E-state index contributed by atoms with van der Waals surface area (Å²) in [6, 6.07) is 20.6. The summed E-state index contributed by atoms with van der Waals surface area (Å²) in [6.45, 7) is 4.24. The van der Waals surface area contributed by atoms with Gasteiger partial charge in [-0.15, -0.1) is 0 Å². The van der Waals surface area contributed by atoms with Crippen molar-refractivity contribution in [3.05, 3.63) is 108 Å². The van der Waals surface area contributed by atoms with Gasteiger partial charge in [-0.1, -0.05) is 12.1 Å². The molecule has 2 atom stereocenters. The van der Waals surface area contributed by atoms with Crippen LogP contribution in [-0.4, -0.2) is 19.6 Å². The van der Waals surface area contributed by atoms with E-state index in [0.29, 0.717) is 5.11 Å². The first-order valence-corrected chi connectivity index (χ1v) is 10.7. The van der Waals surface area contributed by atoms with Gasteiger partial charge in [0.15, 0.2) is 5.11 Å². The van der Waals surface area contributed by atoms with Crippen LogP contribution in [0.4, 0.5) is 5.69 Å². The number of hydrogen-bond donors (Lipinski definition) is 1. The first-order valence-electron chi connectivity index (χ1n) is 10.3. The number of thiocarbonyl (C=S) groups is 1. The predicted octanol–water partition coefficient (Wildman–Crippen LogP) is 5.06. The van der Waals surface area contributed by atoms with Crippen molar-refractivity contribution < 1.29 is 0 Å². The first kappa shape index (κ1) is 19.5. The molecule has 1 aliphatic heterocycles. The zero-order valence-electron chi connectivity index (χ0n) is 17.4. The van der Waals surface area contributed by atoms with Gasteiger partial charge >= 0.3 is 0 Å². The fourth-order valence-corrected chi connectivity index (χ4v) is 4.74.